The van der Waals surface area contributed by atoms with Crippen molar-refractivity contribution >= 4 is 33.5 Å². The molecule has 0 radical (unpaired) electrons. The van der Waals surface area contributed by atoms with Crippen LogP contribution < -0.4 is 10.6 Å². The van der Waals surface area contributed by atoms with E-state index in [4.69, 9.17) is 9.47 Å². The van der Waals surface area contributed by atoms with E-state index in [9.17, 15) is 9.59 Å². The summed E-state index contributed by atoms with van der Waals surface area (Å²) in [5, 5.41) is 6.31. The molecule has 166 valence electrons. The molecule has 1 amide bonds. The Balaban J connectivity index is 1.78. The van der Waals surface area contributed by atoms with Crippen LogP contribution in [-0.4, -0.2) is 63.3 Å². The highest BCUT2D eigenvalue weighted by molar-refractivity contribution is 9.10. The molecule has 8 heteroatoms. The fourth-order valence-corrected chi connectivity index (χ4v) is 3.87. The highest BCUT2D eigenvalue weighted by Gasteiger charge is 2.20. The fraction of sp³-hybridized carbons (Fsp3) is 0.391. The van der Waals surface area contributed by atoms with Gasteiger partial charge in [-0.2, -0.15) is 0 Å². The van der Waals surface area contributed by atoms with Gasteiger partial charge in [0.1, 0.15) is 0 Å². The largest absolute Gasteiger partial charge is 0.468 e. The molecule has 1 aliphatic heterocycles. The second-order valence-electron chi connectivity index (χ2n) is 7.28. The number of rotatable bonds is 9. The first kappa shape index (κ1) is 23.4. The standard InChI is InChI=1S/C23H28BrN3O4/c1-30-22(29)16-25-23(17-5-3-2-4-6-17)19-15-18(24)7-8-20(19)26-21(28)9-10-27-11-13-31-14-12-27/h2-8,15,23,25H,9-14,16H2,1H3,(H,26,28)/t23-/m1/s1. The van der Waals surface area contributed by atoms with E-state index in [2.05, 4.69) is 31.5 Å². The number of halogens is 1. The average Bonchev–Trinajstić information content (AvgIpc) is 2.80. The molecule has 0 unspecified atom stereocenters. The zero-order valence-corrected chi connectivity index (χ0v) is 19.2. The average molecular weight is 490 g/mol. The van der Waals surface area contributed by atoms with Crippen LogP contribution in [-0.2, 0) is 19.1 Å². The number of benzene rings is 2. The molecular formula is C23H28BrN3O4. The summed E-state index contributed by atoms with van der Waals surface area (Å²) in [6.07, 6.45) is 0.404. The molecule has 2 aromatic carbocycles. The lowest BCUT2D eigenvalue weighted by molar-refractivity contribution is -0.139. The van der Waals surface area contributed by atoms with Crippen molar-refractivity contribution in [1.82, 2.24) is 10.2 Å². The number of ether oxygens (including phenoxy) is 2. The van der Waals surface area contributed by atoms with Gasteiger partial charge in [0.2, 0.25) is 5.91 Å². The molecule has 1 atom stereocenters. The summed E-state index contributed by atoms with van der Waals surface area (Å²) < 4.78 is 11.0. The minimum Gasteiger partial charge on any atom is -0.468 e. The van der Waals surface area contributed by atoms with Crippen LogP contribution in [0.4, 0.5) is 5.69 Å². The van der Waals surface area contributed by atoms with Crippen LogP contribution in [0.3, 0.4) is 0 Å². The lowest BCUT2D eigenvalue weighted by Gasteiger charge is -2.26. The van der Waals surface area contributed by atoms with Crippen molar-refractivity contribution in [2.75, 3.05) is 51.8 Å². The van der Waals surface area contributed by atoms with Crippen molar-refractivity contribution in [1.29, 1.82) is 0 Å². The second-order valence-corrected chi connectivity index (χ2v) is 8.20. The Bertz CT molecular complexity index is 872. The van der Waals surface area contributed by atoms with E-state index in [-0.39, 0.29) is 24.5 Å². The summed E-state index contributed by atoms with van der Waals surface area (Å²) >= 11 is 3.53. The first-order valence-electron chi connectivity index (χ1n) is 10.3. The number of anilines is 1. The minimum atomic E-state index is -0.355. The quantitative estimate of drug-likeness (QED) is 0.527. The lowest BCUT2D eigenvalue weighted by Crippen LogP contribution is -2.38. The molecule has 0 saturated carbocycles. The van der Waals surface area contributed by atoms with E-state index in [0.29, 0.717) is 31.9 Å². The maximum atomic E-state index is 12.7. The minimum absolute atomic E-state index is 0.0464. The fourth-order valence-electron chi connectivity index (χ4n) is 3.49. The maximum absolute atomic E-state index is 12.7. The van der Waals surface area contributed by atoms with Gasteiger partial charge in [-0.25, -0.2) is 0 Å². The molecule has 0 aliphatic carbocycles. The smallest absolute Gasteiger partial charge is 0.319 e. The Kier molecular flexibility index (Phi) is 9.02. The van der Waals surface area contributed by atoms with Gasteiger partial charge in [0.05, 0.1) is 32.9 Å². The maximum Gasteiger partial charge on any atom is 0.319 e. The normalized spacial score (nSPS) is 15.3. The van der Waals surface area contributed by atoms with Gasteiger partial charge in [-0.1, -0.05) is 46.3 Å². The molecule has 1 fully saturated rings. The first-order chi connectivity index (χ1) is 15.1. The molecule has 2 aromatic rings. The third kappa shape index (κ3) is 7.14. The van der Waals surface area contributed by atoms with Gasteiger partial charge in [-0.05, 0) is 29.3 Å². The van der Waals surface area contributed by atoms with E-state index in [1.165, 1.54) is 7.11 Å². The van der Waals surface area contributed by atoms with Crippen molar-refractivity contribution < 1.29 is 19.1 Å². The van der Waals surface area contributed by atoms with Crippen molar-refractivity contribution in [3.05, 3.63) is 64.1 Å². The van der Waals surface area contributed by atoms with Gasteiger partial charge in [0.25, 0.3) is 0 Å². The van der Waals surface area contributed by atoms with E-state index >= 15 is 0 Å². The Labute approximate surface area is 191 Å². The Morgan fingerprint density at radius 1 is 1.16 bits per heavy atom. The van der Waals surface area contributed by atoms with E-state index in [0.717, 1.165) is 28.7 Å². The molecule has 0 spiro atoms. The molecule has 7 nitrogen and oxygen atoms in total. The number of methoxy groups -OCH3 is 1. The van der Waals surface area contributed by atoms with E-state index in [1.807, 2.05) is 48.5 Å². The van der Waals surface area contributed by atoms with Gasteiger partial charge in [0.15, 0.2) is 0 Å². The Hall–Kier alpha value is -2.26. The van der Waals surface area contributed by atoms with Crippen LogP contribution in [0.5, 0.6) is 0 Å². The van der Waals surface area contributed by atoms with Gasteiger partial charge >= 0.3 is 5.97 Å². The summed E-state index contributed by atoms with van der Waals surface area (Å²) in [5.74, 6) is -0.401. The van der Waals surface area contributed by atoms with E-state index < -0.39 is 0 Å². The molecular weight excluding hydrogens is 462 g/mol. The zero-order chi connectivity index (χ0) is 22.1. The van der Waals surface area contributed by atoms with Crippen LogP contribution in [0.25, 0.3) is 0 Å². The lowest BCUT2D eigenvalue weighted by atomic mass is 9.97. The second kappa shape index (κ2) is 12.0. The topological polar surface area (TPSA) is 79.9 Å². The number of hydrogen-bond acceptors (Lipinski definition) is 6. The van der Waals surface area contributed by atoms with Crippen molar-refractivity contribution in [3.8, 4) is 0 Å². The highest BCUT2D eigenvalue weighted by atomic mass is 79.9. The Morgan fingerprint density at radius 2 is 1.90 bits per heavy atom. The number of amides is 1. The number of esters is 1. The van der Waals surface area contributed by atoms with Gasteiger partial charge in [0, 0.05) is 36.2 Å². The summed E-state index contributed by atoms with van der Waals surface area (Å²) in [5.41, 5.74) is 2.55. The van der Waals surface area contributed by atoms with Crippen LogP contribution in [0.2, 0.25) is 0 Å². The molecule has 1 heterocycles. The van der Waals surface area contributed by atoms with Crippen molar-refractivity contribution in [2.24, 2.45) is 0 Å². The molecule has 0 aromatic heterocycles. The number of carbonyl (C=O) groups is 2. The van der Waals surface area contributed by atoms with Crippen LogP contribution >= 0.6 is 15.9 Å². The summed E-state index contributed by atoms with van der Waals surface area (Å²) in [7, 11) is 1.36. The number of carbonyl (C=O) groups excluding carboxylic acids is 2. The van der Waals surface area contributed by atoms with Crippen LogP contribution in [0.1, 0.15) is 23.6 Å². The summed E-state index contributed by atoms with van der Waals surface area (Å²) in [4.78, 5) is 26.7. The summed E-state index contributed by atoms with van der Waals surface area (Å²) in [6.45, 7) is 3.87. The third-order valence-corrected chi connectivity index (χ3v) is 5.66. The Morgan fingerprint density at radius 3 is 2.61 bits per heavy atom. The molecule has 3 rings (SSSR count). The third-order valence-electron chi connectivity index (χ3n) is 5.17. The van der Waals surface area contributed by atoms with Gasteiger partial charge < -0.3 is 14.8 Å². The molecule has 31 heavy (non-hydrogen) atoms. The zero-order valence-electron chi connectivity index (χ0n) is 17.6. The summed E-state index contributed by atoms with van der Waals surface area (Å²) in [6, 6.07) is 15.2. The van der Waals surface area contributed by atoms with E-state index in [1.54, 1.807) is 0 Å². The SMILES string of the molecule is COC(=O)CN[C@H](c1ccccc1)c1cc(Br)ccc1NC(=O)CCN1CCOCC1. The van der Waals surface area contributed by atoms with Crippen molar-refractivity contribution in [2.45, 2.75) is 12.5 Å². The first-order valence-corrected chi connectivity index (χ1v) is 11.1. The molecule has 0 bridgehead atoms. The number of nitrogens with one attached hydrogen (secondary N) is 2. The number of morpholine rings is 1. The highest BCUT2D eigenvalue weighted by Crippen LogP contribution is 2.31. The predicted octanol–water partition coefficient (Wildman–Crippen LogP) is 2.96. The van der Waals surface area contributed by atoms with Crippen LogP contribution in [0, 0.1) is 0 Å². The van der Waals surface area contributed by atoms with Crippen molar-refractivity contribution in [3.63, 3.8) is 0 Å². The number of nitrogens with zero attached hydrogens (tertiary/aromatic N) is 1. The van der Waals surface area contributed by atoms with Crippen LogP contribution in [0.15, 0.2) is 53.0 Å². The number of hydrogen-bond donors (Lipinski definition) is 2. The molecule has 1 aliphatic rings. The molecule has 2 N–H and O–H groups in total. The molecule has 1 saturated heterocycles. The monoisotopic (exact) mass is 489 g/mol. The van der Waals surface area contributed by atoms with Gasteiger partial charge in [-0.15, -0.1) is 0 Å². The van der Waals surface area contributed by atoms with Gasteiger partial charge in [-0.3, -0.25) is 19.8 Å². The predicted molar refractivity (Wildman–Crippen MR) is 123 cm³/mol.